The molecule has 1 aliphatic heterocycles. The maximum atomic E-state index is 13.8. The molecule has 5 nitrogen and oxygen atoms in total. The fourth-order valence-electron chi connectivity index (χ4n) is 4.83. The zero-order valence-corrected chi connectivity index (χ0v) is 20.5. The summed E-state index contributed by atoms with van der Waals surface area (Å²) in [7, 11) is 3.57. The third-order valence-corrected chi connectivity index (χ3v) is 6.83. The van der Waals surface area contributed by atoms with Crippen LogP contribution in [-0.4, -0.2) is 32.9 Å². The maximum absolute atomic E-state index is 13.8. The normalized spacial score (nSPS) is 18.4. The van der Waals surface area contributed by atoms with Crippen LogP contribution in [0.4, 0.5) is 18.9 Å². The monoisotopic (exact) mass is 483 g/mol. The standard InChI is InChI=1S/C27H32F3N5/c1-5-9-19-14-21(25(20-10-7-11-20)26-32-31-18-34(26)4)16-22(15-19)35(6-2)17-24-23(27(28,29)30)12-8-13-33(24)3/h6,8,12-18,20,25H,2,5,7,9-11H2,1,3-4H3/b24-17-. The highest BCUT2D eigenvalue weighted by molar-refractivity contribution is 5.59. The Labute approximate surface area is 204 Å². The summed E-state index contributed by atoms with van der Waals surface area (Å²) in [6.07, 6.45) is 9.71. The van der Waals surface area contributed by atoms with Crippen molar-refractivity contribution >= 4 is 5.69 Å². The molecule has 1 fully saturated rings. The van der Waals surface area contributed by atoms with Gasteiger partial charge in [-0.2, -0.15) is 13.2 Å². The Bertz CT molecular complexity index is 1150. The molecule has 2 aliphatic rings. The summed E-state index contributed by atoms with van der Waals surface area (Å²) in [4.78, 5) is 3.16. The first-order valence-corrected chi connectivity index (χ1v) is 12.0. The number of hydrogen-bond acceptors (Lipinski definition) is 4. The Morgan fingerprint density at radius 1 is 1.23 bits per heavy atom. The van der Waals surface area contributed by atoms with Crippen LogP contribution in [0.15, 0.2) is 73.1 Å². The van der Waals surface area contributed by atoms with Crippen molar-refractivity contribution in [2.45, 2.75) is 51.1 Å². The Kier molecular flexibility index (Phi) is 7.19. The van der Waals surface area contributed by atoms with Crippen molar-refractivity contribution in [2.24, 2.45) is 13.0 Å². The predicted molar refractivity (Wildman–Crippen MR) is 132 cm³/mol. The van der Waals surface area contributed by atoms with E-state index in [-0.39, 0.29) is 11.6 Å². The predicted octanol–water partition coefficient (Wildman–Crippen LogP) is 6.44. The van der Waals surface area contributed by atoms with E-state index in [9.17, 15) is 13.2 Å². The topological polar surface area (TPSA) is 37.2 Å². The molecule has 1 saturated carbocycles. The van der Waals surface area contributed by atoms with E-state index in [0.717, 1.165) is 54.4 Å². The lowest BCUT2D eigenvalue weighted by molar-refractivity contribution is -0.0910. The molecule has 1 atom stereocenters. The molecule has 2 aromatic rings. The molecule has 1 aliphatic carbocycles. The van der Waals surface area contributed by atoms with Crippen LogP contribution in [0.25, 0.3) is 0 Å². The van der Waals surface area contributed by atoms with Crippen LogP contribution in [0.2, 0.25) is 0 Å². The second kappa shape index (κ2) is 10.1. The number of rotatable bonds is 8. The number of nitrogens with zero attached hydrogens (tertiary/aromatic N) is 5. The van der Waals surface area contributed by atoms with Gasteiger partial charge in [-0.15, -0.1) is 10.2 Å². The van der Waals surface area contributed by atoms with E-state index in [2.05, 4.69) is 35.8 Å². The van der Waals surface area contributed by atoms with Crippen molar-refractivity contribution in [3.63, 3.8) is 0 Å². The van der Waals surface area contributed by atoms with Gasteiger partial charge < -0.3 is 14.4 Å². The third kappa shape index (κ3) is 5.21. The van der Waals surface area contributed by atoms with Gasteiger partial charge in [-0.05, 0) is 60.6 Å². The van der Waals surface area contributed by atoms with Crippen LogP contribution < -0.4 is 4.90 Å². The number of aryl methyl sites for hydroxylation is 2. The minimum atomic E-state index is -4.46. The third-order valence-electron chi connectivity index (χ3n) is 6.83. The molecule has 0 N–H and O–H groups in total. The van der Waals surface area contributed by atoms with E-state index in [1.54, 1.807) is 30.7 Å². The molecule has 0 spiro atoms. The highest BCUT2D eigenvalue weighted by atomic mass is 19.4. The molecule has 0 radical (unpaired) electrons. The zero-order valence-electron chi connectivity index (χ0n) is 20.5. The summed E-state index contributed by atoms with van der Waals surface area (Å²) < 4.78 is 43.2. The van der Waals surface area contributed by atoms with Gasteiger partial charge in [-0.1, -0.05) is 32.4 Å². The summed E-state index contributed by atoms with van der Waals surface area (Å²) in [5, 5.41) is 8.54. The lowest BCUT2D eigenvalue weighted by atomic mass is 9.72. The Hall–Kier alpha value is -3.29. The first-order valence-electron chi connectivity index (χ1n) is 12.0. The first kappa shape index (κ1) is 24.8. The number of hydrogen-bond donors (Lipinski definition) is 0. The fraction of sp³-hybridized carbons (Fsp3) is 0.407. The Morgan fingerprint density at radius 3 is 2.57 bits per heavy atom. The van der Waals surface area contributed by atoms with Gasteiger partial charge in [0.05, 0.1) is 11.3 Å². The number of alkyl halides is 3. The van der Waals surface area contributed by atoms with Gasteiger partial charge >= 0.3 is 6.18 Å². The number of allylic oxidation sites excluding steroid dienone is 3. The van der Waals surface area contributed by atoms with Gasteiger partial charge in [0.25, 0.3) is 0 Å². The van der Waals surface area contributed by atoms with Gasteiger partial charge in [0.2, 0.25) is 0 Å². The molecule has 4 rings (SSSR count). The van der Waals surface area contributed by atoms with Crippen LogP contribution >= 0.6 is 0 Å². The van der Waals surface area contributed by atoms with Crippen molar-refractivity contribution in [3.05, 3.63) is 90.1 Å². The average molecular weight is 484 g/mol. The molecule has 0 bridgehead atoms. The first-order chi connectivity index (χ1) is 16.7. The van der Waals surface area contributed by atoms with E-state index < -0.39 is 11.7 Å². The number of halogens is 3. The molecule has 1 aromatic heterocycles. The molecule has 1 unspecified atom stereocenters. The maximum Gasteiger partial charge on any atom is 0.418 e. The van der Waals surface area contributed by atoms with Crippen LogP contribution in [0, 0.1) is 5.92 Å². The molecule has 2 heterocycles. The number of anilines is 1. The number of aromatic nitrogens is 3. The molecule has 35 heavy (non-hydrogen) atoms. The summed E-state index contributed by atoms with van der Waals surface area (Å²) in [6, 6.07) is 6.32. The van der Waals surface area contributed by atoms with E-state index in [1.807, 2.05) is 17.7 Å². The second-order valence-electron chi connectivity index (χ2n) is 9.29. The van der Waals surface area contributed by atoms with Crippen molar-refractivity contribution in [3.8, 4) is 0 Å². The summed E-state index contributed by atoms with van der Waals surface area (Å²) in [5.74, 6) is 1.46. The lowest BCUT2D eigenvalue weighted by Gasteiger charge is -2.34. The fourth-order valence-corrected chi connectivity index (χ4v) is 4.83. The minimum Gasteiger partial charge on any atom is -0.349 e. The highest BCUT2D eigenvalue weighted by Gasteiger charge is 2.38. The molecular formula is C27H32F3N5. The smallest absolute Gasteiger partial charge is 0.349 e. The SMILES string of the molecule is C=CN(/C=C1/C(C(F)(F)F)=CC=CN1C)c1cc(CCC)cc(C(c2nncn2C)C2CCC2)c1. The number of benzene rings is 1. The van der Waals surface area contributed by atoms with Gasteiger partial charge in [0, 0.05) is 44.3 Å². The van der Waals surface area contributed by atoms with Crippen LogP contribution in [0.1, 0.15) is 55.5 Å². The molecule has 8 heteroatoms. The van der Waals surface area contributed by atoms with Crippen molar-refractivity contribution < 1.29 is 13.2 Å². The number of likely N-dealkylation sites (N-methyl/N-ethyl adjacent to an activating group) is 1. The molecule has 186 valence electrons. The Morgan fingerprint density at radius 2 is 2.00 bits per heavy atom. The molecule has 1 aromatic carbocycles. The molecule has 0 saturated heterocycles. The van der Waals surface area contributed by atoms with E-state index in [0.29, 0.717) is 5.92 Å². The Balaban J connectivity index is 1.81. The summed E-state index contributed by atoms with van der Waals surface area (Å²) in [5.41, 5.74) is 2.40. The second-order valence-corrected chi connectivity index (χ2v) is 9.29. The molecular weight excluding hydrogens is 451 g/mol. The average Bonchev–Trinajstić information content (AvgIpc) is 3.19. The largest absolute Gasteiger partial charge is 0.418 e. The van der Waals surface area contributed by atoms with Gasteiger partial charge in [0.15, 0.2) is 0 Å². The van der Waals surface area contributed by atoms with Crippen LogP contribution in [0.3, 0.4) is 0 Å². The molecule has 0 amide bonds. The van der Waals surface area contributed by atoms with Gasteiger partial charge in [-0.3, -0.25) is 0 Å². The van der Waals surface area contributed by atoms with E-state index in [1.165, 1.54) is 23.6 Å². The van der Waals surface area contributed by atoms with Crippen LogP contribution in [0.5, 0.6) is 0 Å². The summed E-state index contributed by atoms with van der Waals surface area (Å²) in [6.45, 7) is 6.03. The van der Waals surface area contributed by atoms with Gasteiger partial charge in [-0.25, -0.2) is 0 Å². The van der Waals surface area contributed by atoms with Gasteiger partial charge in [0.1, 0.15) is 12.2 Å². The van der Waals surface area contributed by atoms with Crippen LogP contribution in [-0.2, 0) is 13.5 Å². The van der Waals surface area contributed by atoms with E-state index in [4.69, 9.17) is 0 Å². The highest BCUT2D eigenvalue weighted by Crippen LogP contribution is 2.44. The van der Waals surface area contributed by atoms with Crippen molar-refractivity contribution in [1.29, 1.82) is 0 Å². The quantitative estimate of drug-likeness (QED) is 0.433. The van der Waals surface area contributed by atoms with Crippen molar-refractivity contribution in [2.75, 3.05) is 11.9 Å². The minimum absolute atomic E-state index is 0.0613. The van der Waals surface area contributed by atoms with E-state index >= 15 is 0 Å². The zero-order chi connectivity index (χ0) is 25.2. The lowest BCUT2D eigenvalue weighted by Crippen LogP contribution is -2.26. The summed E-state index contributed by atoms with van der Waals surface area (Å²) >= 11 is 0. The van der Waals surface area contributed by atoms with Crippen molar-refractivity contribution in [1.82, 2.24) is 19.7 Å².